The summed E-state index contributed by atoms with van der Waals surface area (Å²) < 4.78 is 5.44. The Balaban J connectivity index is 1.83. The molecule has 1 heteroatoms. The van der Waals surface area contributed by atoms with Crippen molar-refractivity contribution < 1.29 is 4.74 Å². The molecule has 0 aromatic heterocycles. The summed E-state index contributed by atoms with van der Waals surface area (Å²) in [5.74, 6) is 1.25. The molecule has 76 valence electrons. The van der Waals surface area contributed by atoms with Crippen molar-refractivity contribution in [3.63, 3.8) is 0 Å². The van der Waals surface area contributed by atoms with Gasteiger partial charge in [0.25, 0.3) is 0 Å². The summed E-state index contributed by atoms with van der Waals surface area (Å²) in [5.41, 5.74) is 0. The molecule has 1 heterocycles. The van der Waals surface area contributed by atoms with E-state index in [4.69, 9.17) is 4.74 Å². The van der Waals surface area contributed by atoms with E-state index in [-0.39, 0.29) is 0 Å². The summed E-state index contributed by atoms with van der Waals surface area (Å²) in [5, 5.41) is 0. The molecule has 0 fully saturated rings. The number of hydrogen-bond acceptors (Lipinski definition) is 1. The molecule has 0 bridgehead atoms. The Morgan fingerprint density at radius 1 is 1.15 bits per heavy atom. The van der Waals surface area contributed by atoms with E-state index < -0.39 is 0 Å². The van der Waals surface area contributed by atoms with Gasteiger partial charge in [0.15, 0.2) is 0 Å². The second-order valence-electron chi connectivity index (χ2n) is 3.83. The topological polar surface area (TPSA) is 9.23 Å². The first kappa shape index (κ1) is 10.6. The molecule has 0 N–H and O–H groups in total. The Labute approximate surface area is 82.2 Å². The van der Waals surface area contributed by atoms with Crippen molar-refractivity contribution in [1.29, 1.82) is 0 Å². The molecule has 0 saturated heterocycles. The van der Waals surface area contributed by atoms with E-state index in [2.05, 4.69) is 13.0 Å². The van der Waals surface area contributed by atoms with Crippen LogP contribution < -0.4 is 0 Å². The second kappa shape index (κ2) is 6.99. The molecule has 0 unspecified atom stereocenters. The van der Waals surface area contributed by atoms with E-state index in [1.54, 1.807) is 0 Å². The third-order valence-electron chi connectivity index (χ3n) is 2.55. The van der Waals surface area contributed by atoms with Gasteiger partial charge in [-0.05, 0) is 12.5 Å². The molecule has 0 spiro atoms. The highest BCUT2D eigenvalue weighted by molar-refractivity contribution is 4.97. The van der Waals surface area contributed by atoms with Crippen LogP contribution in [0.1, 0.15) is 58.3 Å². The minimum Gasteiger partial charge on any atom is -0.498 e. The van der Waals surface area contributed by atoms with Crippen molar-refractivity contribution in [2.45, 2.75) is 58.3 Å². The lowest BCUT2D eigenvalue weighted by molar-refractivity contribution is 0.232. The van der Waals surface area contributed by atoms with Gasteiger partial charge in [-0.1, -0.05) is 39.0 Å². The normalized spacial score (nSPS) is 15.6. The first-order valence-corrected chi connectivity index (χ1v) is 5.75. The predicted molar refractivity (Wildman–Crippen MR) is 56.6 cm³/mol. The Hall–Kier alpha value is -0.460. The van der Waals surface area contributed by atoms with Gasteiger partial charge in [0, 0.05) is 12.8 Å². The minimum atomic E-state index is 0.922. The lowest BCUT2D eigenvalue weighted by atomic mass is 10.1. The van der Waals surface area contributed by atoms with Crippen LogP contribution in [0.5, 0.6) is 0 Å². The average molecular weight is 182 g/mol. The average Bonchev–Trinajstić information content (AvgIpc) is 2.63. The van der Waals surface area contributed by atoms with Gasteiger partial charge in [0.05, 0.1) is 12.4 Å². The van der Waals surface area contributed by atoms with E-state index in [0.717, 1.165) is 13.0 Å². The van der Waals surface area contributed by atoms with Crippen LogP contribution in [0.3, 0.4) is 0 Å². The fraction of sp³-hybridized carbons (Fsp3) is 0.833. The fourth-order valence-corrected chi connectivity index (χ4v) is 1.72. The maximum Gasteiger partial charge on any atom is 0.0921 e. The minimum absolute atomic E-state index is 0.922. The highest BCUT2D eigenvalue weighted by atomic mass is 16.5. The first-order chi connectivity index (χ1) is 6.43. The smallest absolute Gasteiger partial charge is 0.0921 e. The van der Waals surface area contributed by atoms with Crippen molar-refractivity contribution in [3.05, 3.63) is 11.8 Å². The molecule has 0 saturated carbocycles. The van der Waals surface area contributed by atoms with E-state index in [9.17, 15) is 0 Å². The van der Waals surface area contributed by atoms with Gasteiger partial charge >= 0.3 is 0 Å². The zero-order valence-corrected chi connectivity index (χ0v) is 8.85. The number of unbranched alkanes of at least 4 members (excludes halogenated alkanes) is 5. The van der Waals surface area contributed by atoms with E-state index in [0.29, 0.717) is 0 Å². The Morgan fingerprint density at radius 2 is 1.92 bits per heavy atom. The maximum absolute atomic E-state index is 5.44. The zero-order valence-electron chi connectivity index (χ0n) is 8.85. The van der Waals surface area contributed by atoms with Gasteiger partial charge in [-0.3, -0.25) is 0 Å². The van der Waals surface area contributed by atoms with Crippen LogP contribution in [0.25, 0.3) is 0 Å². The monoisotopic (exact) mass is 182 g/mol. The van der Waals surface area contributed by atoms with Gasteiger partial charge < -0.3 is 4.74 Å². The van der Waals surface area contributed by atoms with Crippen LogP contribution in [0.2, 0.25) is 0 Å². The number of allylic oxidation sites excluding steroid dienone is 1. The molecule has 0 amide bonds. The Kier molecular flexibility index (Phi) is 5.71. The summed E-state index contributed by atoms with van der Waals surface area (Å²) in [6.45, 7) is 3.18. The molecular weight excluding hydrogens is 160 g/mol. The molecule has 1 aliphatic rings. The van der Waals surface area contributed by atoms with Gasteiger partial charge in [0.1, 0.15) is 0 Å². The van der Waals surface area contributed by atoms with E-state index in [1.807, 2.05) is 0 Å². The summed E-state index contributed by atoms with van der Waals surface area (Å²) in [4.78, 5) is 0. The summed E-state index contributed by atoms with van der Waals surface area (Å²) >= 11 is 0. The quantitative estimate of drug-likeness (QED) is 0.540. The van der Waals surface area contributed by atoms with E-state index in [1.165, 1.54) is 50.7 Å². The predicted octanol–water partition coefficient (Wildman–Crippen LogP) is 4.04. The van der Waals surface area contributed by atoms with Crippen LogP contribution >= 0.6 is 0 Å². The molecule has 0 aromatic rings. The number of ether oxygens (including phenoxy) is 1. The zero-order chi connectivity index (χ0) is 9.36. The molecule has 0 aliphatic carbocycles. The third kappa shape index (κ3) is 4.97. The number of rotatable bonds is 7. The molecule has 1 aliphatic heterocycles. The first-order valence-electron chi connectivity index (χ1n) is 5.75. The lowest BCUT2D eigenvalue weighted by Gasteiger charge is -2.03. The van der Waals surface area contributed by atoms with Crippen LogP contribution in [0.4, 0.5) is 0 Å². The van der Waals surface area contributed by atoms with Crippen LogP contribution in [0.15, 0.2) is 11.8 Å². The Bertz CT molecular complexity index is 149. The van der Waals surface area contributed by atoms with Crippen molar-refractivity contribution in [1.82, 2.24) is 0 Å². The molecule has 1 nitrogen and oxygen atoms in total. The molecule has 13 heavy (non-hydrogen) atoms. The van der Waals surface area contributed by atoms with Crippen molar-refractivity contribution in [2.75, 3.05) is 6.61 Å². The second-order valence-corrected chi connectivity index (χ2v) is 3.83. The van der Waals surface area contributed by atoms with Crippen LogP contribution in [-0.2, 0) is 4.74 Å². The molecule has 0 aromatic carbocycles. The van der Waals surface area contributed by atoms with Gasteiger partial charge in [-0.25, -0.2) is 0 Å². The summed E-state index contributed by atoms with van der Waals surface area (Å²) in [6, 6.07) is 0. The molecule has 0 atom stereocenters. The van der Waals surface area contributed by atoms with Crippen molar-refractivity contribution in [3.8, 4) is 0 Å². The van der Waals surface area contributed by atoms with Gasteiger partial charge in [-0.15, -0.1) is 0 Å². The third-order valence-corrected chi connectivity index (χ3v) is 2.55. The largest absolute Gasteiger partial charge is 0.498 e. The SMILES string of the molecule is CCCCCCCCC1=CCCO1. The highest BCUT2D eigenvalue weighted by Crippen LogP contribution is 2.17. The lowest BCUT2D eigenvalue weighted by Crippen LogP contribution is -1.86. The number of hydrogen-bond donors (Lipinski definition) is 0. The molecular formula is C12H22O. The van der Waals surface area contributed by atoms with Crippen LogP contribution in [0, 0.1) is 0 Å². The maximum atomic E-state index is 5.44. The standard InChI is InChI=1S/C12H22O/c1-2-3-4-5-6-7-9-12-10-8-11-13-12/h10H,2-9,11H2,1H3. The molecule has 0 radical (unpaired) electrons. The summed E-state index contributed by atoms with van der Waals surface area (Å²) in [6.07, 6.45) is 12.8. The van der Waals surface area contributed by atoms with Gasteiger partial charge in [0.2, 0.25) is 0 Å². The summed E-state index contributed by atoms with van der Waals surface area (Å²) in [7, 11) is 0. The van der Waals surface area contributed by atoms with Crippen molar-refractivity contribution in [2.24, 2.45) is 0 Å². The van der Waals surface area contributed by atoms with Crippen LogP contribution in [-0.4, -0.2) is 6.61 Å². The highest BCUT2D eigenvalue weighted by Gasteiger charge is 2.03. The Morgan fingerprint density at radius 3 is 2.62 bits per heavy atom. The van der Waals surface area contributed by atoms with Crippen molar-refractivity contribution >= 4 is 0 Å². The van der Waals surface area contributed by atoms with Gasteiger partial charge in [-0.2, -0.15) is 0 Å². The van der Waals surface area contributed by atoms with E-state index >= 15 is 0 Å². The fourth-order valence-electron chi connectivity index (χ4n) is 1.72. The molecule has 1 rings (SSSR count).